The van der Waals surface area contributed by atoms with Gasteiger partial charge in [-0.15, -0.1) is 0 Å². The zero-order chi connectivity index (χ0) is 14.7. The molecular weight excluding hydrogens is 268 g/mol. The molecule has 1 aromatic heterocycles. The van der Waals surface area contributed by atoms with E-state index in [9.17, 15) is 9.90 Å². The first kappa shape index (κ1) is 13.8. The predicted octanol–water partition coefficient (Wildman–Crippen LogP) is 1.11. The highest BCUT2D eigenvalue weighted by atomic mass is 16.3. The number of hydrogen-bond acceptors (Lipinski definition) is 4. The summed E-state index contributed by atoms with van der Waals surface area (Å²) in [6, 6.07) is 7.33. The lowest BCUT2D eigenvalue weighted by Crippen LogP contribution is -2.41. The third-order valence-electron chi connectivity index (χ3n) is 3.83. The lowest BCUT2D eigenvalue weighted by Gasteiger charge is -2.32. The molecule has 3 rings (SSSR count). The van der Waals surface area contributed by atoms with E-state index in [1.807, 2.05) is 23.1 Å². The summed E-state index contributed by atoms with van der Waals surface area (Å²) in [6.45, 7) is 1.47. The van der Waals surface area contributed by atoms with Crippen LogP contribution in [0.5, 0.6) is 0 Å². The molecule has 21 heavy (non-hydrogen) atoms. The summed E-state index contributed by atoms with van der Waals surface area (Å²) >= 11 is 0. The minimum Gasteiger partial charge on any atom is -0.396 e. The Kier molecular flexibility index (Phi) is 3.96. The third-order valence-corrected chi connectivity index (χ3v) is 3.83. The summed E-state index contributed by atoms with van der Waals surface area (Å²) in [5.41, 5.74) is 1.27. The minimum atomic E-state index is -0.0268. The zero-order valence-electron chi connectivity index (χ0n) is 11.7. The molecule has 1 aliphatic heterocycles. The topological polar surface area (TPSA) is 71.2 Å². The predicted molar refractivity (Wildman–Crippen MR) is 77.1 cm³/mol. The van der Waals surface area contributed by atoms with Crippen molar-refractivity contribution < 1.29 is 9.90 Å². The van der Waals surface area contributed by atoms with Crippen LogP contribution >= 0.6 is 0 Å². The van der Waals surface area contributed by atoms with E-state index < -0.39 is 0 Å². The molecule has 0 aliphatic carbocycles. The molecule has 0 spiro atoms. The fourth-order valence-electron chi connectivity index (χ4n) is 2.74. The maximum Gasteiger partial charge on any atom is 0.256 e. The molecule has 110 valence electrons. The maximum absolute atomic E-state index is 12.8. The van der Waals surface area contributed by atoms with Gasteiger partial charge < -0.3 is 10.0 Å². The molecule has 1 atom stereocenters. The van der Waals surface area contributed by atoms with Gasteiger partial charge in [0.2, 0.25) is 0 Å². The van der Waals surface area contributed by atoms with E-state index in [2.05, 4.69) is 10.2 Å². The second-order valence-electron chi connectivity index (χ2n) is 5.28. The van der Waals surface area contributed by atoms with Crippen LogP contribution in [0.15, 0.2) is 36.7 Å². The van der Waals surface area contributed by atoms with Gasteiger partial charge in [0.1, 0.15) is 0 Å². The number of hydrogen-bond donors (Lipinski definition) is 1. The number of aliphatic hydroxyl groups excluding tert-OH is 1. The second-order valence-corrected chi connectivity index (χ2v) is 5.28. The normalized spacial score (nSPS) is 18.7. The van der Waals surface area contributed by atoms with Crippen LogP contribution in [0.2, 0.25) is 0 Å². The standard InChI is InChI=1S/C15H18N4O2/c20-11-12-4-3-9-18(10-12)15(21)13-5-1-2-6-14(13)19-16-7-8-17-19/h1-2,5-8,12,20H,3-4,9-11H2. The van der Waals surface area contributed by atoms with E-state index in [0.717, 1.165) is 19.4 Å². The van der Waals surface area contributed by atoms with Crippen molar-refractivity contribution in [1.82, 2.24) is 19.9 Å². The summed E-state index contributed by atoms with van der Waals surface area (Å²) in [6.07, 6.45) is 5.08. The Hall–Kier alpha value is -2.21. The van der Waals surface area contributed by atoms with Crippen molar-refractivity contribution in [3.05, 3.63) is 42.2 Å². The molecule has 1 fully saturated rings. The van der Waals surface area contributed by atoms with E-state index in [0.29, 0.717) is 17.8 Å². The van der Waals surface area contributed by atoms with Crippen LogP contribution in [0.4, 0.5) is 0 Å². The zero-order valence-corrected chi connectivity index (χ0v) is 11.7. The van der Waals surface area contributed by atoms with Crippen molar-refractivity contribution in [3.8, 4) is 5.69 Å². The summed E-state index contributed by atoms with van der Waals surface area (Å²) in [7, 11) is 0. The van der Waals surface area contributed by atoms with Gasteiger partial charge in [-0.05, 0) is 30.9 Å². The molecule has 1 saturated heterocycles. The van der Waals surface area contributed by atoms with E-state index in [-0.39, 0.29) is 18.4 Å². The van der Waals surface area contributed by atoms with E-state index >= 15 is 0 Å². The van der Waals surface area contributed by atoms with Crippen LogP contribution in [0.25, 0.3) is 5.69 Å². The Morgan fingerprint density at radius 2 is 2.05 bits per heavy atom. The van der Waals surface area contributed by atoms with E-state index in [1.165, 1.54) is 4.80 Å². The van der Waals surface area contributed by atoms with Crippen LogP contribution in [0.3, 0.4) is 0 Å². The van der Waals surface area contributed by atoms with Crippen molar-refractivity contribution in [2.45, 2.75) is 12.8 Å². The number of likely N-dealkylation sites (tertiary alicyclic amines) is 1. The summed E-state index contributed by atoms with van der Waals surface area (Å²) in [4.78, 5) is 16.0. The smallest absolute Gasteiger partial charge is 0.256 e. The van der Waals surface area contributed by atoms with Crippen LogP contribution in [0.1, 0.15) is 23.2 Å². The van der Waals surface area contributed by atoms with Crippen LogP contribution in [0, 0.1) is 5.92 Å². The molecule has 2 aromatic rings. The lowest BCUT2D eigenvalue weighted by molar-refractivity contribution is 0.0620. The number of rotatable bonds is 3. The van der Waals surface area contributed by atoms with Gasteiger partial charge in [0.05, 0.1) is 23.6 Å². The van der Waals surface area contributed by atoms with Gasteiger partial charge in [0, 0.05) is 19.7 Å². The first-order chi connectivity index (χ1) is 10.3. The number of carbonyl (C=O) groups excluding carboxylic acids is 1. The molecule has 0 bridgehead atoms. The first-order valence-electron chi connectivity index (χ1n) is 7.15. The summed E-state index contributed by atoms with van der Waals surface area (Å²) in [5, 5.41) is 17.5. The van der Waals surface area contributed by atoms with Gasteiger partial charge >= 0.3 is 0 Å². The van der Waals surface area contributed by atoms with E-state index in [4.69, 9.17) is 0 Å². The number of para-hydroxylation sites is 1. The van der Waals surface area contributed by atoms with Gasteiger partial charge in [0.25, 0.3) is 5.91 Å². The van der Waals surface area contributed by atoms with Crippen molar-refractivity contribution >= 4 is 5.91 Å². The molecule has 1 unspecified atom stereocenters. The molecule has 6 nitrogen and oxygen atoms in total. The molecule has 1 aliphatic rings. The van der Waals surface area contributed by atoms with Gasteiger partial charge in [-0.1, -0.05) is 12.1 Å². The Bertz CT molecular complexity index is 612. The van der Waals surface area contributed by atoms with Crippen molar-refractivity contribution in [2.75, 3.05) is 19.7 Å². The SMILES string of the molecule is O=C(c1ccccc1-n1nccn1)N1CCCC(CO)C1. The minimum absolute atomic E-state index is 0.0268. The van der Waals surface area contributed by atoms with Gasteiger partial charge in [-0.25, -0.2) is 0 Å². The molecule has 1 amide bonds. The fourth-order valence-corrected chi connectivity index (χ4v) is 2.74. The maximum atomic E-state index is 12.8. The molecular formula is C15H18N4O2. The van der Waals surface area contributed by atoms with Crippen molar-refractivity contribution in [3.63, 3.8) is 0 Å². The number of nitrogens with zero attached hydrogens (tertiary/aromatic N) is 4. The van der Waals surface area contributed by atoms with E-state index in [1.54, 1.807) is 18.5 Å². The fraction of sp³-hybridized carbons (Fsp3) is 0.400. The summed E-state index contributed by atoms with van der Waals surface area (Å²) < 4.78 is 0. The molecule has 0 radical (unpaired) electrons. The Labute approximate surface area is 123 Å². The van der Waals surface area contributed by atoms with Gasteiger partial charge in [0.15, 0.2) is 0 Å². The highest BCUT2D eigenvalue weighted by Gasteiger charge is 2.25. The van der Waals surface area contributed by atoms with Crippen molar-refractivity contribution in [2.24, 2.45) is 5.92 Å². The third kappa shape index (κ3) is 2.80. The number of carbonyl (C=O) groups is 1. The van der Waals surface area contributed by atoms with Crippen LogP contribution in [-0.2, 0) is 0 Å². The largest absolute Gasteiger partial charge is 0.396 e. The first-order valence-corrected chi connectivity index (χ1v) is 7.15. The van der Waals surface area contributed by atoms with Crippen LogP contribution < -0.4 is 0 Å². The Balaban J connectivity index is 1.88. The average Bonchev–Trinajstić information content (AvgIpc) is 3.08. The summed E-state index contributed by atoms with van der Waals surface area (Å²) in [5.74, 6) is 0.152. The second kappa shape index (κ2) is 6.05. The highest BCUT2D eigenvalue weighted by molar-refractivity contribution is 5.97. The monoisotopic (exact) mass is 286 g/mol. The number of aliphatic hydroxyl groups is 1. The number of benzene rings is 1. The van der Waals surface area contributed by atoms with Gasteiger partial charge in [-0.2, -0.15) is 15.0 Å². The lowest BCUT2D eigenvalue weighted by atomic mass is 9.98. The molecule has 2 heterocycles. The number of piperidine rings is 1. The van der Waals surface area contributed by atoms with Crippen molar-refractivity contribution in [1.29, 1.82) is 0 Å². The Morgan fingerprint density at radius 1 is 1.29 bits per heavy atom. The Morgan fingerprint density at radius 3 is 2.81 bits per heavy atom. The average molecular weight is 286 g/mol. The molecule has 1 aromatic carbocycles. The number of amides is 1. The highest BCUT2D eigenvalue weighted by Crippen LogP contribution is 2.20. The molecule has 6 heteroatoms. The number of aromatic nitrogens is 3. The molecule has 0 saturated carbocycles. The van der Waals surface area contributed by atoms with Crippen LogP contribution in [-0.4, -0.2) is 50.6 Å². The molecule has 1 N–H and O–H groups in total. The quantitative estimate of drug-likeness (QED) is 0.917. The van der Waals surface area contributed by atoms with Gasteiger partial charge in [-0.3, -0.25) is 4.79 Å².